The number of hydrogen-bond acceptors (Lipinski definition) is 2. The number of benzene rings is 1. The summed E-state index contributed by atoms with van der Waals surface area (Å²) in [4.78, 5) is 2.61. The second kappa shape index (κ2) is 9.22. The van der Waals surface area contributed by atoms with E-state index in [4.69, 9.17) is 0 Å². The van der Waals surface area contributed by atoms with Crippen LogP contribution in [0.2, 0.25) is 0 Å². The lowest BCUT2D eigenvalue weighted by molar-refractivity contribution is 0.276. The first-order valence-electron chi connectivity index (χ1n) is 8.87. The predicted molar refractivity (Wildman–Crippen MR) is 91.3 cm³/mol. The minimum absolute atomic E-state index is 1.00. The molecule has 1 N–H and O–H groups in total. The van der Waals surface area contributed by atoms with Gasteiger partial charge in [-0.1, -0.05) is 64.2 Å². The standard InChI is InChI=1S/C19H32N2/c1-3-5-6-7-8-9-12-21-15-18-11-10-17(14-20-4-2)13-19(18)16-21/h10-11,13,20H,3-9,12,14-16H2,1-2H3. The fourth-order valence-corrected chi connectivity index (χ4v) is 3.17. The minimum atomic E-state index is 1.00. The van der Waals surface area contributed by atoms with Crippen molar-refractivity contribution in [1.29, 1.82) is 0 Å². The lowest BCUT2D eigenvalue weighted by atomic mass is 10.1. The normalized spacial score (nSPS) is 14.6. The van der Waals surface area contributed by atoms with Crippen molar-refractivity contribution >= 4 is 0 Å². The summed E-state index contributed by atoms with van der Waals surface area (Å²) in [5.74, 6) is 0. The van der Waals surface area contributed by atoms with E-state index < -0.39 is 0 Å². The molecule has 0 amide bonds. The molecule has 1 heterocycles. The van der Waals surface area contributed by atoms with Crippen molar-refractivity contribution in [2.75, 3.05) is 13.1 Å². The molecule has 2 nitrogen and oxygen atoms in total. The third-order valence-electron chi connectivity index (χ3n) is 4.47. The Labute approximate surface area is 130 Å². The molecule has 0 unspecified atom stereocenters. The van der Waals surface area contributed by atoms with E-state index in [1.807, 2.05) is 0 Å². The molecule has 0 fully saturated rings. The third-order valence-corrected chi connectivity index (χ3v) is 4.47. The average Bonchev–Trinajstić information content (AvgIpc) is 2.90. The maximum Gasteiger partial charge on any atom is 0.0240 e. The summed E-state index contributed by atoms with van der Waals surface area (Å²) in [5, 5.41) is 3.41. The van der Waals surface area contributed by atoms with Crippen molar-refractivity contribution in [3.05, 3.63) is 34.9 Å². The quantitative estimate of drug-likeness (QED) is 0.639. The van der Waals surface area contributed by atoms with Gasteiger partial charge in [-0.15, -0.1) is 0 Å². The van der Waals surface area contributed by atoms with Crippen molar-refractivity contribution in [3.8, 4) is 0 Å². The van der Waals surface area contributed by atoms with E-state index in [-0.39, 0.29) is 0 Å². The van der Waals surface area contributed by atoms with Crippen LogP contribution in [0.25, 0.3) is 0 Å². The molecule has 118 valence electrons. The van der Waals surface area contributed by atoms with Gasteiger partial charge in [-0.05, 0) is 36.2 Å². The van der Waals surface area contributed by atoms with Gasteiger partial charge < -0.3 is 5.32 Å². The Bertz CT molecular complexity index is 414. The van der Waals surface area contributed by atoms with E-state index in [9.17, 15) is 0 Å². The Kier molecular flexibility index (Phi) is 7.25. The molecule has 0 spiro atoms. The maximum atomic E-state index is 3.41. The SMILES string of the molecule is CCCCCCCCN1Cc2ccc(CNCC)cc2C1. The fraction of sp³-hybridized carbons (Fsp3) is 0.684. The first-order valence-corrected chi connectivity index (χ1v) is 8.87. The molecule has 0 bridgehead atoms. The number of nitrogens with one attached hydrogen (secondary N) is 1. The van der Waals surface area contributed by atoms with Gasteiger partial charge in [0.05, 0.1) is 0 Å². The minimum Gasteiger partial charge on any atom is -0.313 e. The summed E-state index contributed by atoms with van der Waals surface area (Å²) in [7, 11) is 0. The number of rotatable bonds is 10. The highest BCUT2D eigenvalue weighted by Gasteiger charge is 2.18. The summed E-state index contributed by atoms with van der Waals surface area (Å²) in [5.41, 5.74) is 4.52. The van der Waals surface area contributed by atoms with Crippen LogP contribution in [-0.4, -0.2) is 18.0 Å². The smallest absolute Gasteiger partial charge is 0.0240 e. The topological polar surface area (TPSA) is 15.3 Å². The zero-order chi connectivity index (χ0) is 14.9. The zero-order valence-electron chi connectivity index (χ0n) is 14.0. The molecular formula is C19H32N2. The lowest BCUT2D eigenvalue weighted by Gasteiger charge is -2.14. The van der Waals surface area contributed by atoms with Gasteiger partial charge in [0.15, 0.2) is 0 Å². The summed E-state index contributed by atoms with van der Waals surface area (Å²) in [6.07, 6.45) is 8.35. The van der Waals surface area contributed by atoms with Crippen LogP contribution in [0, 0.1) is 0 Å². The maximum absolute atomic E-state index is 3.41. The van der Waals surface area contributed by atoms with Gasteiger partial charge >= 0.3 is 0 Å². The predicted octanol–water partition coefficient (Wildman–Crippen LogP) is 4.47. The zero-order valence-corrected chi connectivity index (χ0v) is 14.0. The molecule has 0 radical (unpaired) electrons. The molecule has 1 aliphatic rings. The van der Waals surface area contributed by atoms with Crippen molar-refractivity contribution < 1.29 is 0 Å². The number of unbranched alkanes of at least 4 members (excludes halogenated alkanes) is 5. The Morgan fingerprint density at radius 1 is 0.952 bits per heavy atom. The van der Waals surface area contributed by atoms with Crippen LogP contribution in [0.3, 0.4) is 0 Å². The van der Waals surface area contributed by atoms with Crippen LogP contribution in [-0.2, 0) is 19.6 Å². The van der Waals surface area contributed by atoms with Crippen LogP contribution in [0.15, 0.2) is 18.2 Å². The summed E-state index contributed by atoms with van der Waals surface area (Å²) < 4.78 is 0. The average molecular weight is 288 g/mol. The Morgan fingerprint density at radius 2 is 1.71 bits per heavy atom. The fourth-order valence-electron chi connectivity index (χ4n) is 3.17. The van der Waals surface area contributed by atoms with E-state index in [1.165, 1.54) is 50.6 Å². The molecule has 0 saturated heterocycles. The molecular weight excluding hydrogens is 256 g/mol. The Morgan fingerprint density at radius 3 is 2.52 bits per heavy atom. The lowest BCUT2D eigenvalue weighted by Crippen LogP contribution is -2.17. The molecule has 1 aromatic rings. The number of hydrogen-bond donors (Lipinski definition) is 1. The van der Waals surface area contributed by atoms with Gasteiger partial charge in [-0.3, -0.25) is 4.90 Å². The van der Waals surface area contributed by atoms with Gasteiger partial charge in [-0.25, -0.2) is 0 Å². The first-order chi connectivity index (χ1) is 10.3. The highest BCUT2D eigenvalue weighted by atomic mass is 15.1. The van der Waals surface area contributed by atoms with E-state index in [0.717, 1.165) is 26.2 Å². The van der Waals surface area contributed by atoms with E-state index in [0.29, 0.717) is 0 Å². The molecule has 2 rings (SSSR count). The Balaban J connectivity index is 1.70. The van der Waals surface area contributed by atoms with Gasteiger partial charge in [0.25, 0.3) is 0 Å². The van der Waals surface area contributed by atoms with E-state index in [1.54, 1.807) is 11.1 Å². The molecule has 2 heteroatoms. The summed E-state index contributed by atoms with van der Waals surface area (Å²) in [6, 6.07) is 7.03. The molecule has 1 aliphatic heterocycles. The van der Waals surface area contributed by atoms with Crippen LogP contribution in [0.4, 0.5) is 0 Å². The van der Waals surface area contributed by atoms with Gasteiger partial charge in [-0.2, -0.15) is 0 Å². The number of nitrogens with zero attached hydrogens (tertiary/aromatic N) is 1. The van der Waals surface area contributed by atoms with Crippen molar-refractivity contribution in [3.63, 3.8) is 0 Å². The van der Waals surface area contributed by atoms with Crippen LogP contribution in [0.5, 0.6) is 0 Å². The van der Waals surface area contributed by atoms with Crippen LogP contribution < -0.4 is 5.32 Å². The molecule has 0 aliphatic carbocycles. The molecule has 1 aromatic carbocycles. The van der Waals surface area contributed by atoms with Crippen molar-refractivity contribution in [2.45, 2.75) is 72.0 Å². The van der Waals surface area contributed by atoms with Gasteiger partial charge in [0, 0.05) is 19.6 Å². The van der Waals surface area contributed by atoms with Crippen LogP contribution >= 0.6 is 0 Å². The van der Waals surface area contributed by atoms with E-state index >= 15 is 0 Å². The molecule has 21 heavy (non-hydrogen) atoms. The van der Waals surface area contributed by atoms with Gasteiger partial charge in [0.2, 0.25) is 0 Å². The molecule has 0 saturated carbocycles. The second-order valence-electron chi connectivity index (χ2n) is 6.36. The molecule has 0 aromatic heterocycles. The molecule has 0 atom stereocenters. The Hall–Kier alpha value is -0.860. The highest BCUT2D eigenvalue weighted by Crippen LogP contribution is 2.24. The summed E-state index contributed by atoms with van der Waals surface area (Å²) >= 11 is 0. The highest BCUT2D eigenvalue weighted by molar-refractivity contribution is 5.34. The summed E-state index contributed by atoms with van der Waals surface area (Å²) in [6.45, 7) is 10.1. The van der Waals surface area contributed by atoms with E-state index in [2.05, 4.69) is 42.3 Å². The third kappa shape index (κ3) is 5.44. The monoisotopic (exact) mass is 288 g/mol. The largest absolute Gasteiger partial charge is 0.313 e. The van der Waals surface area contributed by atoms with Gasteiger partial charge in [0.1, 0.15) is 0 Å². The number of fused-ring (bicyclic) bond motifs is 1. The first kappa shape index (κ1) is 16.5. The second-order valence-corrected chi connectivity index (χ2v) is 6.36. The van der Waals surface area contributed by atoms with Crippen molar-refractivity contribution in [2.24, 2.45) is 0 Å². The van der Waals surface area contributed by atoms with Crippen molar-refractivity contribution in [1.82, 2.24) is 10.2 Å². The van der Waals surface area contributed by atoms with Crippen LogP contribution in [0.1, 0.15) is 69.1 Å².